The van der Waals surface area contributed by atoms with Crippen molar-refractivity contribution in [1.29, 1.82) is 0 Å². The molecule has 1 amide bonds. The van der Waals surface area contributed by atoms with Gasteiger partial charge < -0.3 is 9.64 Å². The van der Waals surface area contributed by atoms with Crippen molar-refractivity contribution in [2.24, 2.45) is 0 Å². The van der Waals surface area contributed by atoms with Gasteiger partial charge in [0.15, 0.2) is 28.2 Å². The first-order chi connectivity index (χ1) is 25.1. The summed E-state index contributed by atoms with van der Waals surface area (Å²) in [5, 5.41) is 4.81. The van der Waals surface area contributed by atoms with Gasteiger partial charge in [0.1, 0.15) is 12.8 Å². The van der Waals surface area contributed by atoms with E-state index in [2.05, 4.69) is 40.8 Å². The van der Waals surface area contributed by atoms with Crippen LogP contribution in [0.4, 0.5) is 27.6 Å². The average molecular weight is 777 g/mol. The number of sulfonamides is 1. The molecule has 1 aliphatic carbocycles. The minimum Gasteiger partial charge on any atom is -0.359 e. The number of benzene rings is 2. The molecule has 0 radical (unpaired) electrons. The van der Waals surface area contributed by atoms with Crippen LogP contribution in [-0.2, 0) is 32.8 Å². The van der Waals surface area contributed by atoms with Gasteiger partial charge in [0.05, 0.1) is 41.9 Å². The van der Waals surface area contributed by atoms with Crippen molar-refractivity contribution in [2.75, 3.05) is 18.1 Å². The van der Waals surface area contributed by atoms with Crippen LogP contribution in [0.15, 0.2) is 52.6 Å². The smallest absolute Gasteiger partial charge is 0.276 e. The van der Waals surface area contributed by atoms with Crippen LogP contribution in [0.5, 0.6) is 0 Å². The summed E-state index contributed by atoms with van der Waals surface area (Å²) in [6, 6.07) is 3.75. The minimum absolute atomic E-state index is 0.0633. The fraction of sp³-hybridized carbons (Fsp3) is 0.400. The van der Waals surface area contributed by atoms with Crippen LogP contribution in [0.3, 0.4) is 0 Å². The summed E-state index contributed by atoms with van der Waals surface area (Å²) < 4.78 is 105. The Morgan fingerprint density at radius 3 is 2.30 bits per heavy atom. The summed E-state index contributed by atoms with van der Waals surface area (Å²) in [4.78, 5) is 35.6. The Hall–Kier alpha value is -4.39. The highest BCUT2D eigenvalue weighted by Gasteiger charge is 2.48. The zero-order valence-corrected chi connectivity index (χ0v) is 31.0. The van der Waals surface area contributed by atoms with Gasteiger partial charge in [0, 0.05) is 32.3 Å². The molecule has 1 fully saturated rings. The average Bonchev–Trinajstić information content (AvgIpc) is 3.10. The van der Waals surface area contributed by atoms with E-state index in [0.29, 0.717) is 27.7 Å². The quantitative estimate of drug-likeness (QED) is 0.0552. The molecule has 2 aromatic carbocycles. The fourth-order valence-electron chi connectivity index (χ4n) is 6.10. The van der Waals surface area contributed by atoms with Crippen molar-refractivity contribution in [3.05, 3.63) is 93.7 Å². The Labute approximate surface area is 303 Å². The van der Waals surface area contributed by atoms with Crippen molar-refractivity contribution >= 4 is 46.0 Å². The monoisotopic (exact) mass is 776 g/mol. The normalized spacial score (nSPS) is 16.8. The Morgan fingerprint density at radius 2 is 1.70 bits per heavy atom. The third-order valence-electron chi connectivity index (χ3n) is 9.26. The maximum absolute atomic E-state index is 14.7. The molecular formula is C35H37F5N6O5SSi. The van der Waals surface area contributed by atoms with Crippen molar-refractivity contribution in [2.45, 2.75) is 82.0 Å². The Balaban J connectivity index is 1.33. The molecule has 6 rings (SSSR count). The molecule has 2 aliphatic rings. The summed E-state index contributed by atoms with van der Waals surface area (Å²) in [5.41, 5.74) is 1.76. The van der Waals surface area contributed by atoms with E-state index in [1.165, 1.54) is 40.2 Å². The number of halogens is 5. The van der Waals surface area contributed by atoms with E-state index in [4.69, 9.17) is 4.74 Å². The third-order valence-corrected chi connectivity index (χ3v) is 12.9. The zero-order chi connectivity index (χ0) is 38.2. The third kappa shape index (κ3) is 7.81. The van der Waals surface area contributed by atoms with E-state index >= 15 is 0 Å². The van der Waals surface area contributed by atoms with Crippen molar-refractivity contribution < 1.29 is 39.9 Å². The predicted octanol–water partition coefficient (Wildman–Crippen LogP) is 6.15. The molecule has 0 spiro atoms. The van der Waals surface area contributed by atoms with Gasteiger partial charge in [-0.15, -0.1) is 0 Å². The molecule has 0 bridgehead atoms. The van der Waals surface area contributed by atoms with Gasteiger partial charge in [-0.2, -0.15) is 9.40 Å². The van der Waals surface area contributed by atoms with Crippen molar-refractivity contribution in [3.63, 3.8) is 0 Å². The Bertz CT molecular complexity index is 2240. The molecule has 1 atom stereocenters. The summed E-state index contributed by atoms with van der Waals surface area (Å²) in [7, 11) is -6.76. The summed E-state index contributed by atoms with van der Waals surface area (Å²) in [5.74, 6) is -13.3. The second-order valence-corrected chi connectivity index (χ2v) is 21.6. The molecule has 11 nitrogen and oxygen atoms in total. The van der Waals surface area contributed by atoms with Crippen LogP contribution in [0.1, 0.15) is 43.5 Å². The van der Waals surface area contributed by atoms with E-state index in [0.717, 1.165) is 37.3 Å². The first-order valence-corrected chi connectivity index (χ1v) is 22.2. The predicted molar refractivity (Wildman–Crippen MR) is 188 cm³/mol. The number of anilines is 1. The summed E-state index contributed by atoms with van der Waals surface area (Å²) >= 11 is 0. The largest absolute Gasteiger partial charge is 0.359 e. The highest BCUT2D eigenvalue weighted by molar-refractivity contribution is 7.89. The summed E-state index contributed by atoms with van der Waals surface area (Å²) in [6.07, 6.45) is 10.3. The van der Waals surface area contributed by atoms with Crippen LogP contribution in [-0.4, -0.2) is 65.6 Å². The molecule has 1 aliphatic heterocycles. The second-order valence-electron chi connectivity index (χ2n) is 14.2. The minimum atomic E-state index is -5.40. The lowest BCUT2D eigenvalue weighted by Crippen LogP contribution is -2.59. The van der Waals surface area contributed by atoms with Crippen LogP contribution in [0.25, 0.3) is 16.3 Å². The Kier molecular flexibility index (Phi) is 11.0. The van der Waals surface area contributed by atoms with Crippen LogP contribution < -0.4 is 10.5 Å². The van der Waals surface area contributed by atoms with E-state index in [1.807, 2.05) is 0 Å². The lowest BCUT2D eigenvalue weighted by molar-refractivity contribution is -0.125. The number of rotatable bonds is 12. The lowest BCUT2D eigenvalue weighted by Gasteiger charge is -2.41. The van der Waals surface area contributed by atoms with Crippen molar-refractivity contribution in [1.82, 2.24) is 24.1 Å². The number of hydrogen-bond donors (Lipinski definition) is 0. The molecular weight excluding hydrogens is 740 g/mol. The number of allylic oxidation sites excluding steroid dienone is 2. The molecule has 53 heavy (non-hydrogen) atoms. The molecule has 4 aromatic rings. The molecule has 3 heterocycles. The van der Waals surface area contributed by atoms with Gasteiger partial charge in [-0.25, -0.2) is 35.1 Å². The molecule has 1 saturated heterocycles. The van der Waals surface area contributed by atoms with E-state index in [1.54, 1.807) is 6.20 Å². The van der Waals surface area contributed by atoms with Gasteiger partial charge in [0.25, 0.3) is 5.56 Å². The fourth-order valence-corrected chi connectivity index (χ4v) is 8.60. The molecule has 2 aromatic heterocycles. The topological polar surface area (TPSA) is 128 Å². The standard InChI is InChI=1S/C35H37F5N6O5SSi/c1-53(2,3)14-13-51-20-45-34(47)25-10-9-24(15-22(25)16-43-45)44(19-23-17-42-26(18-41-23)21-7-5-4-6-8-21)35(48)27-11-12-46(27)52(49,50)33-31(39)29(37)28(36)30(38)32(33)40/h7,9-10,15-18,27H,4-6,8,11-14,19-20H2,1-3H3/t27-/m1/s1. The van der Waals surface area contributed by atoms with Gasteiger partial charge in [0.2, 0.25) is 21.7 Å². The molecule has 18 heteroatoms. The van der Waals surface area contributed by atoms with E-state index in [9.17, 15) is 40.0 Å². The number of fused-ring (bicyclic) bond motifs is 1. The number of aromatic nitrogens is 4. The highest BCUT2D eigenvalue weighted by Crippen LogP contribution is 2.35. The molecule has 0 saturated carbocycles. The highest BCUT2D eigenvalue weighted by atomic mass is 32.2. The van der Waals surface area contributed by atoms with Crippen LogP contribution in [0, 0.1) is 29.1 Å². The van der Waals surface area contributed by atoms with Crippen LogP contribution >= 0.6 is 0 Å². The number of ether oxygens (including phenoxy) is 1. The van der Waals surface area contributed by atoms with Gasteiger partial charge >= 0.3 is 0 Å². The van der Waals surface area contributed by atoms with Crippen LogP contribution in [0.2, 0.25) is 25.7 Å². The number of hydrogen-bond acceptors (Lipinski definition) is 8. The van der Waals surface area contributed by atoms with Gasteiger partial charge in [-0.1, -0.05) is 25.7 Å². The molecule has 0 N–H and O–H groups in total. The van der Waals surface area contributed by atoms with Gasteiger partial charge in [-0.3, -0.25) is 19.6 Å². The number of carbonyl (C=O) groups excluding carboxylic acids is 1. The Morgan fingerprint density at radius 1 is 0.981 bits per heavy atom. The lowest BCUT2D eigenvalue weighted by atomic mass is 9.97. The van der Waals surface area contributed by atoms with Gasteiger partial charge in [-0.05, 0) is 61.9 Å². The maximum Gasteiger partial charge on any atom is 0.276 e. The zero-order valence-electron chi connectivity index (χ0n) is 29.2. The number of nitrogens with zero attached hydrogens (tertiary/aromatic N) is 6. The number of carbonyl (C=O) groups is 1. The number of amides is 1. The second kappa shape index (κ2) is 15.2. The maximum atomic E-state index is 14.7. The molecule has 0 unspecified atom stereocenters. The first-order valence-electron chi connectivity index (χ1n) is 17.0. The van der Waals surface area contributed by atoms with E-state index < -0.39 is 76.1 Å². The SMILES string of the molecule is C[Si](C)(C)CCOCn1ncc2cc(N(Cc3cnc(C4=CCCCC4)cn3)C(=O)[C@H]3CCN3S(=O)(=O)c3c(F)c(F)c(F)c(F)c3F)ccc2c1=O. The van der Waals surface area contributed by atoms with E-state index in [-0.39, 0.29) is 30.8 Å². The summed E-state index contributed by atoms with van der Waals surface area (Å²) in [6.45, 7) is 6.33. The van der Waals surface area contributed by atoms with Crippen molar-refractivity contribution in [3.8, 4) is 0 Å². The molecule has 282 valence electrons. The first kappa shape index (κ1) is 38.3.